The minimum absolute atomic E-state index is 0.0382. The third-order valence-electron chi connectivity index (χ3n) is 4.51. The number of sulfonamides is 1. The van der Waals surface area contributed by atoms with Gasteiger partial charge in [0.05, 0.1) is 16.2 Å². The highest BCUT2D eigenvalue weighted by molar-refractivity contribution is 7.89. The van der Waals surface area contributed by atoms with Crippen LogP contribution in [-0.4, -0.2) is 41.6 Å². The molecule has 9 nitrogen and oxygen atoms in total. The number of hydrogen-bond donors (Lipinski definition) is 1. The summed E-state index contributed by atoms with van der Waals surface area (Å²) in [7, 11) is -3.52. The first-order valence-corrected chi connectivity index (χ1v) is 10.3. The predicted molar refractivity (Wildman–Crippen MR) is 102 cm³/mol. The van der Waals surface area contributed by atoms with Crippen molar-refractivity contribution in [3.8, 4) is 0 Å². The fourth-order valence-corrected chi connectivity index (χ4v) is 4.57. The molecule has 1 amide bonds. The van der Waals surface area contributed by atoms with Crippen molar-refractivity contribution in [3.63, 3.8) is 0 Å². The number of pyridine rings is 1. The molecule has 2 aromatic rings. The quantitative estimate of drug-likeness (QED) is 0.582. The van der Waals surface area contributed by atoms with E-state index in [1.165, 1.54) is 28.7 Å². The fraction of sp³-hybridized carbons (Fsp3) is 0.333. The molecule has 10 heteroatoms. The van der Waals surface area contributed by atoms with Crippen molar-refractivity contribution >= 4 is 27.3 Å². The van der Waals surface area contributed by atoms with E-state index in [2.05, 4.69) is 10.3 Å². The van der Waals surface area contributed by atoms with E-state index in [1.54, 1.807) is 12.1 Å². The van der Waals surface area contributed by atoms with Gasteiger partial charge >= 0.3 is 5.69 Å². The Morgan fingerprint density at radius 1 is 1.14 bits per heavy atom. The number of anilines is 1. The smallest absolute Gasteiger partial charge is 0.310 e. The van der Waals surface area contributed by atoms with Crippen LogP contribution < -0.4 is 5.32 Å². The van der Waals surface area contributed by atoms with E-state index in [1.807, 2.05) is 0 Å². The second-order valence-corrected chi connectivity index (χ2v) is 8.42. The first-order valence-electron chi connectivity index (χ1n) is 8.85. The first-order chi connectivity index (χ1) is 13.4. The maximum atomic E-state index is 12.6. The molecule has 1 aromatic heterocycles. The number of nitro groups is 1. The monoisotopic (exact) mass is 404 g/mol. The van der Waals surface area contributed by atoms with Gasteiger partial charge in [0, 0.05) is 19.3 Å². The summed E-state index contributed by atoms with van der Waals surface area (Å²) in [6.45, 7) is 1.05. The Hall–Kier alpha value is -2.85. The molecular weight excluding hydrogens is 384 g/mol. The SMILES string of the molecule is O=C(Cc1ccc(S(=O)(=O)N2CCCCC2)cc1)Nc1ccncc1[N+](=O)[O-]. The molecule has 28 heavy (non-hydrogen) atoms. The number of nitrogens with one attached hydrogen (secondary N) is 1. The van der Waals surface area contributed by atoms with Crippen LogP contribution in [0.25, 0.3) is 0 Å². The van der Waals surface area contributed by atoms with Crippen LogP contribution in [0.2, 0.25) is 0 Å². The van der Waals surface area contributed by atoms with Crippen LogP contribution in [-0.2, 0) is 21.2 Å². The lowest BCUT2D eigenvalue weighted by atomic mass is 10.1. The van der Waals surface area contributed by atoms with Gasteiger partial charge in [0.2, 0.25) is 15.9 Å². The minimum Gasteiger partial charge on any atom is -0.320 e. The lowest BCUT2D eigenvalue weighted by Crippen LogP contribution is -2.35. The van der Waals surface area contributed by atoms with Gasteiger partial charge in [-0.05, 0) is 36.6 Å². The molecule has 0 spiro atoms. The Labute approximate surface area is 162 Å². The highest BCUT2D eigenvalue weighted by atomic mass is 32.2. The van der Waals surface area contributed by atoms with Crippen molar-refractivity contribution in [1.82, 2.24) is 9.29 Å². The summed E-state index contributed by atoms with van der Waals surface area (Å²) < 4.78 is 26.8. The molecule has 0 radical (unpaired) electrons. The van der Waals surface area contributed by atoms with Gasteiger partial charge in [0.15, 0.2) is 0 Å². The molecule has 0 saturated carbocycles. The molecule has 2 heterocycles. The lowest BCUT2D eigenvalue weighted by Gasteiger charge is -2.25. The van der Waals surface area contributed by atoms with Crippen molar-refractivity contribution < 1.29 is 18.1 Å². The van der Waals surface area contributed by atoms with Crippen LogP contribution in [0.15, 0.2) is 47.6 Å². The maximum absolute atomic E-state index is 12.6. The van der Waals surface area contributed by atoms with Gasteiger partial charge in [-0.25, -0.2) is 8.42 Å². The van der Waals surface area contributed by atoms with Crippen LogP contribution in [0.3, 0.4) is 0 Å². The fourth-order valence-electron chi connectivity index (χ4n) is 3.05. The second kappa shape index (κ2) is 8.44. The molecule has 0 bridgehead atoms. The number of nitrogens with zero attached hydrogens (tertiary/aromatic N) is 3. The Bertz CT molecular complexity index is 970. The van der Waals surface area contributed by atoms with Gasteiger partial charge in [0.1, 0.15) is 11.9 Å². The molecule has 1 N–H and O–H groups in total. The van der Waals surface area contributed by atoms with E-state index in [0.29, 0.717) is 18.7 Å². The third kappa shape index (κ3) is 4.52. The normalized spacial score (nSPS) is 15.1. The van der Waals surface area contributed by atoms with E-state index < -0.39 is 20.9 Å². The average Bonchev–Trinajstić information content (AvgIpc) is 2.69. The Morgan fingerprint density at radius 3 is 2.46 bits per heavy atom. The lowest BCUT2D eigenvalue weighted by molar-refractivity contribution is -0.384. The summed E-state index contributed by atoms with van der Waals surface area (Å²) in [6, 6.07) is 7.49. The van der Waals surface area contributed by atoms with E-state index in [4.69, 9.17) is 0 Å². The van der Waals surface area contributed by atoms with Crippen LogP contribution in [0.1, 0.15) is 24.8 Å². The Balaban J connectivity index is 1.67. The van der Waals surface area contributed by atoms with E-state index >= 15 is 0 Å². The number of aromatic nitrogens is 1. The number of carbonyl (C=O) groups excluding carboxylic acids is 1. The standard InChI is InChI=1S/C18H20N4O5S/c23-18(20-16-8-9-19-13-17(16)22(24)25)12-14-4-6-15(7-5-14)28(26,27)21-10-2-1-3-11-21/h4-9,13H,1-3,10-12H2,(H,19,20,23). The molecule has 1 aliphatic rings. The summed E-state index contributed by atoms with van der Waals surface area (Å²) in [5.74, 6) is -0.444. The Kier molecular flexibility index (Phi) is 6.00. The molecule has 0 unspecified atom stereocenters. The van der Waals surface area contributed by atoms with Gasteiger partial charge in [-0.1, -0.05) is 18.6 Å². The van der Waals surface area contributed by atoms with Gasteiger partial charge < -0.3 is 5.32 Å². The number of rotatable bonds is 6. The molecule has 3 rings (SSSR count). The highest BCUT2D eigenvalue weighted by Crippen LogP contribution is 2.23. The minimum atomic E-state index is -3.52. The zero-order chi connectivity index (χ0) is 20.1. The van der Waals surface area contributed by atoms with E-state index in [9.17, 15) is 23.3 Å². The van der Waals surface area contributed by atoms with Gasteiger partial charge in [-0.2, -0.15) is 4.31 Å². The summed E-state index contributed by atoms with van der Waals surface area (Å²) in [5.41, 5.74) is 0.375. The summed E-state index contributed by atoms with van der Waals surface area (Å²) in [4.78, 5) is 26.4. The van der Waals surface area contributed by atoms with Crippen LogP contribution >= 0.6 is 0 Å². The summed E-state index contributed by atoms with van der Waals surface area (Å²) >= 11 is 0. The molecule has 1 aliphatic heterocycles. The van der Waals surface area contributed by atoms with Gasteiger partial charge in [0.25, 0.3) is 0 Å². The summed E-state index contributed by atoms with van der Waals surface area (Å²) in [6.07, 6.45) is 5.13. The van der Waals surface area contributed by atoms with Crippen LogP contribution in [0.5, 0.6) is 0 Å². The largest absolute Gasteiger partial charge is 0.320 e. The first kappa shape index (κ1) is 19.9. The van der Waals surface area contributed by atoms with Crippen molar-refractivity contribution in [2.24, 2.45) is 0 Å². The second-order valence-electron chi connectivity index (χ2n) is 6.48. The number of hydrogen-bond acceptors (Lipinski definition) is 6. The van der Waals surface area contributed by atoms with Crippen LogP contribution in [0.4, 0.5) is 11.4 Å². The average molecular weight is 404 g/mol. The van der Waals surface area contributed by atoms with E-state index in [0.717, 1.165) is 25.5 Å². The predicted octanol–water partition coefficient (Wildman–Crippen LogP) is 2.35. The van der Waals surface area contributed by atoms with Crippen molar-refractivity contribution in [2.75, 3.05) is 18.4 Å². The molecular formula is C18H20N4O5S. The molecule has 1 aromatic carbocycles. The van der Waals surface area contributed by atoms with Gasteiger partial charge in [-0.15, -0.1) is 0 Å². The molecule has 148 valence electrons. The number of carbonyl (C=O) groups is 1. The van der Waals surface area contributed by atoms with Crippen molar-refractivity contribution in [3.05, 3.63) is 58.4 Å². The third-order valence-corrected chi connectivity index (χ3v) is 6.42. The highest BCUT2D eigenvalue weighted by Gasteiger charge is 2.25. The van der Waals surface area contributed by atoms with Crippen LogP contribution in [0, 0.1) is 10.1 Å². The number of amides is 1. The summed E-state index contributed by atoms with van der Waals surface area (Å²) in [5, 5.41) is 13.5. The number of piperidine rings is 1. The van der Waals surface area contributed by atoms with Crippen molar-refractivity contribution in [2.45, 2.75) is 30.6 Å². The molecule has 1 fully saturated rings. The topological polar surface area (TPSA) is 123 Å². The zero-order valence-corrected chi connectivity index (χ0v) is 15.9. The molecule has 0 aliphatic carbocycles. The van der Waals surface area contributed by atoms with E-state index in [-0.39, 0.29) is 22.7 Å². The van der Waals surface area contributed by atoms with Gasteiger partial charge in [-0.3, -0.25) is 19.9 Å². The Morgan fingerprint density at radius 2 is 1.82 bits per heavy atom. The number of benzene rings is 1. The zero-order valence-electron chi connectivity index (χ0n) is 15.1. The molecule has 1 saturated heterocycles. The van der Waals surface area contributed by atoms with Crippen molar-refractivity contribution in [1.29, 1.82) is 0 Å². The maximum Gasteiger partial charge on any atom is 0.310 e. The molecule has 0 atom stereocenters.